The van der Waals surface area contributed by atoms with Crippen molar-refractivity contribution < 1.29 is 26.3 Å². The van der Waals surface area contributed by atoms with Crippen molar-refractivity contribution in [2.24, 2.45) is 4.99 Å². The number of benzene rings is 1. The molecule has 1 aliphatic heterocycles. The van der Waals surface area contributed by atoms with Crippen LogP contribution in [0.1, 0.15) is 12.8 Å². The van der Waals surface area contributed by atoms with Gasteiger partial charge in [-0.2, -0.15) is 17.5 Å². The van der Waals surface area contributed by atoms with Gasteiger partial charge in [0.1, 0.15) is 12.4 Å². The van der Waals surface area contributed by atoms with Crippen molar-refractivity contribution in [3.63, 3.8) is 0 Å². The summed E-state index contributed by atoms with van der Waals surface area (Å²) in [4.78, 5) is 4.05. The molecule has 1 aromatic rings. The number of nitrogens with zero attached hydrogens (tertiary/aromatic N) is 2. The molecule has 0 spiro atoms. The summed E-state index contributed by atoms with van der Waals surface area (Å²) in [6.07, 6.45) is 0.484. The topological polar surface area (TPSA) is 83.0 Å². The van der Waals surface area contributed by atoms with E-state index in [4.69, 9.17) is 16.3 Å². The van der Waals surface area contributed by atoms with Crippen molar-refractivity contribution >= 4 is 51.6 Å². The summed E-state index contributed by atoms with van der Waals surface area (Å²) >= 11 is 6.00. The van der Waals surface area contributed by atoms with Gasteiger partial charge in [0.25, 0.3) is 0 Å². The van der Waals surface area contributed by atoms with Gasteiger partial charge in [-0.3, -0.25) is 4.99 Å². The van der Waals surface area contributed by atoms with E-state index in [1.54, 1.807) is 31.3 Å². The Hall–Kier alpha value is -0.990. The first kappa shape index (κ1) is 26.0. The standard InChI is InChI=1S/C16H22ClF3N4O3S.HI/c1-21-15(22-8-11-27-14-5-3-2-4-13(14)17)23-12-6-9-24(10-7-12)28(25,26)16(18,19)20;/h2-5,12H,6-11H2,1H3,(H2,21,22,23);1H. The normalized spacial score (nSPS) is 16.8. The number of halogens is 5. The van der Waals surface area contributed by atoms with E-state index in [-0.39, 0.29) is 55.9 Å². The molecular formula is C16H23ClF3IN4O3S. The second-order valence-corrected chi connectivity index (χ2v) is 8.38. The Morgan fingerprint density at radius 1 is 1.31 bits per heavy atom. The number of rotatable bonds is 6. The van der Waals surface area contributed by atoms with Crippen LogP contribution in [-0.2, 0) is 10.0 Å². The van der Waals surface area contributed by atoms with Crippen molar-refractivity contribution in [1.82, 2.24) is 14.9 Å². The first-order valence-corrected chi connectivity index (χ1v) is 10.4. The fraction of sp³-hybridized carbons (Fsp3) is 0.562. The van der Waals surface area contributed by atoms with Crippen LogP contribution in [-0.4, -0.2) is 63.5 Å². The molecule has 0 bridgehead atoms. The maximum Gasteiger partial charge on any atom is 0.511 e. The molecule has 1 saturated heterocycles. The summed E-state index contributed by atoms with van der Waals surface area (Å²) in [6, 6.07) is 6.88. The van der Waals surface area contributed by atoms with Gasteiger partial charge in [-0.05, 0) is 25.0 Å². The predicted molar refractivity (Wildman–Crippen MR) is 116 cm³/mol. The summed E-state index contributed by atoms with van der Waals surface area (Å²) in [6.45, 7) is 0.344. The smallest absolute Gasteiger partial charge is 0.490 e. The quantitative estimate of drug-likeness (QED) is 0.238. The Kier molecular flexibility index (Phi) is 10.3. The Morgan fingerprint density at radius 2 is 1.93 bits per heavy atom. The fourth-order valence-corrected chi connectivity index (χ4v) is 3.84. The Morgan fingerprint density at radius 3 is 2.48 bits per heavy atom. The number of para-hydroxylation sites is 1. The van der Waals surface area contributed by atoms with Gasteiger partial charge in [-0.15, -0.1) is 24.0 Å². The van der Waals surface area contributed by atoms with E-state index >= 15 is 0 Å². The van der Waals surface area contributed by atoms with Crippen molar-refractivity contribution in [3.8, 4) is 5.75 Å². The molecule has 1 heterocycles. The Labute approximate surface area is 190 Å². The van der Waals surface area contributed by atoms with Crippen LogP contribution in [0.25, 0.3) is 0 Å². The Balaban J connectivity index is 0.00000420. The van der Waals surface area contributed by atoms with Crippen LogP contribution in [0.3, 0.4) is 0 Å². The predicted octanol–water partition coefficient (Wildman–Crippen LogP) is 2.82. The van der Waals surface area contributed by atoms with Gasteiger partial charge in [-0.25, -0.2) is 8.42 Å². The van der Waals surface area contributed by atoms with E-state index in [0.717, 1.165) is 0 Å². The van der Waals surface area contributed by atoms with Crippen LogP contribution in [0, 0.1) is 0 Å². The minimum absolute atomic E-state index is 0. The molecule has 2 rings (SSSR count). The molecule has 7 nitrogen and oxygen atoms in total. The summed E-state index contributed by atoms with van der Waals surface area (Å²) in [5, 5.41) is 6.62. The average Bonchev–Trinajstić information content (AvgIpc) is 2.65. The van der Waals surface area contributed by atoms with Crippen molar-refractivity contribution in [2.45, 2.75) is 24.4 Å². The molecule has 0 saturated carbocycles. The third-order valence-corrected chi connectivity index (χ3v) is 6.08. The Bertz CT molecular complexity index is 788. The largest absolute Gasteiger partial charge is 0.511 e. The molecule has 1 aliphatic rings. The molecule has 13 heteroatoms. The summed E-state index contributed by atoms with van der Waals surface area (Å²) in [5.41, 5.74) is -5.27. The average molecular weight is 571 g/mol. The van der Waals surface area contributed by atoms with Crippen LogP contribution in [0.5, 0.6) is 5.75 Å². The fourth-order valence-electron chi connectivity index (χ4n) is 2.67. The molecule has 166 valence electrons. The molecule has 1 aromatic carbocycles. The van der Waals surface area contributed by atoms with Gasteiger partial charge in [0.15, 0.2) is 5.96 Å². The van der Waals surface area contributed by atoms with E-state index in [1.807, 2.05) is 0 Å². The minimum Gasteiger partial charge on any atom is -0.490 e. The van der Waals surface area contributed by atoms with Crippen LogP contribution < -0.4 is 15.4 Å². The van der Waals surface area contributed by atoms with Crippen LogP contribution in [0.4, 0.5) is 13.2 Å². The number of sulfonamides is 1. The molecule has 0 amide bonds. The van der Waals surface area contributed by atoms with Crippen LogP contribution in [0.2, 0.25) is 5.02 Å². The highest BCUT2D eigenvalue weighted by Crippen LogP contribution is 2.29. The number of nitrogens with one attached hydrogen (secondary N) is 2. The zero-order valence-corrected chi connectivity index (χ0v) is 19.5. The summed E-state index contributed by atoms with van der Waals surface area (Å²) in [7, 11) is -3.71. The highest BCUT2D eigenvalue weighted by molar-refractivity contribution is 14.0. The lowest BCUT2D eigenvalue weighted by atomic mass is 10.1. The third-order valence-electron chi connectivity index (χ3n) is 4.14. The summed E-state index contributed by atoms with van der Waals surface area (Å²) in [5.74, 6) is 1.02. The van der Waals surface area contributed by atoms with E-state index < -0.39 is 15.5 Å². The van der Waals surface area contributed by atoms with Gasteiger partial charge < -0.3 is 15.4 Å². The number of guanidine groups is 1. The lowest BCUT2D eigenvalue weighted by Crippen LogP contribution is -2.52. The van der Waals surface area contributed by atoms with Gasteiger partial charge in [0, 0.05) is 26.2 Å². The molecule has 0 aromatic heterocycles. The maximum atomic E-state index is 12.6. The van der Waals surface area contributed by atoms with Crippen molar-refractivity contribution in [3.05, 3.63) is 29.3 Å². The first-order valence-electron chi connectivity index (χ1n) is 8.56. The number of ether oxygens (including phenoxy) is 1. The van der Waals surface area contributed by atoms with Crippen molar-refractivity contribution in [1.29, 1.82) is 0 Å². The van der Waals surface area contributed by atoms with Gasteiger partial charge in [0.05, 0.1) is 11.6 Å². The molecule has 1 fully saturated rings. The monoisotopic (exact) mass is 570 g/mol. The lowest BCUT2D eigenvalue weighted by molar-refractivity contribution is -0.0494. The second kappa shape index (κ2) is 11.4. The second-order valence-electron chi connectivity index (χ2n) is 6.05. The molecule has 0 unspecified atom stereocenters. The van der Waals surface area contributed by atoms with E-state index in [0.29, 0.717) is 34.2 Å². The van der Waals surface area contributed by atoms with Gasteiger partial charge in [0.2, 0.25) is 0 Å². The first-order chi connectivity index (χ1) is 13.1. The summed E-state index contributed by atoms with van der Waals surface area (Å²) < 4.78 is 66.7. The van der Waals surface area contributed by atoms with Gasteiger partial charge in [-0.1, -0.05) is 23.7 Å². The molecule has 2 N–H and O–H groups in total. The van der Waals surface area contributed by atoms with Crippen molar-refractivity contribution in [2.75, 3.05) is 33.3 Å². The number of hydrogen-bond acceptors (Lipinski definition) is 4. The van der Waals surface area contributed by atoms with E-state index in [9.17, 15) is 21.6 Å². The maximum absolute atomic E-state index is 12.6. The zero-order chi connectivity index (χ0) is 20.8. The van der Waals surface area contributed by atoms with E-state index in [1.165, 1.54) is 0 Å². The van der Waals surface area contributed by atoms with E-state index in [2.05, 4.69) is 15.6 Å². The number of piperidine rings is 1. The number of aliphatic imine (C=N–C) groups is 1. The van der Waals surface area contributed by atoms with Gasteiger partial charge >= 0.3 is 15.5 Å². The number of alkyl halides is 3. The number of hydrogen-bond donors (Lipinski definition) is 2. The zero-order valence-electron chi connectivity index (χ0n) is 15.6. The minimum atomic E-state index is -5.27. The molecule has 0 radical (unpaired) electrons. The highest BCUT2D eigenvalue weighted by atomic mass is 127. The lowest BCUT2D eigenvalue weighted by Gasteiger charge is -2.32. The highest BCUT2D eigenvalue weighted by Gasteiger charge is 2.50. The molecule has 29 heavy (non-hydrogen) atoms. The molecule has 0 atom stereocenters. The third kappa shape index (κ3) is 7.33. The molecule has 0 aliphatic carbocycles. The molecular weight excluding hydrogens is 548 g/mol. The van der Waals surface area contributed by atoms with Crippen LogP contribution in [0.15, 0.2) is 29.3 Å². The van der Waals surface area contributed by atoms with Crippen LogP contribution >= 0.6 is 35.6 Å². The SMILES string of the molecule is CN=C(NCCOc1ccccc1Cl)NC1CCN(S(=O)(=O)C(F)(F)F)CC1.I.